The molecule has 12 heteroatoms. The van der Waals surface area contributed by atoms with Gasteiger partial charge in [0.05, 0.1) is 29.7 Å². The zero-order chi connectivity index (χ0) is 32.2. The molecule has 1 atom stereocenters. The Kier molecular flexibility index (Phi) is 8.77. The third-order valence-corrected chi connectivity index (χ3v) is 7.22. The lowest BCUT2D eigenvalue weighted by Crippen LogP contribution is -2.42. The summed E-state index contributed by atoms with van der Waals surface area (Å²) in [5.74, 6) is -0.624. The molecule has 0 radical (unpaired) electrons. The summed E-state index contributed by atoms with van der Waals surface area (Å²) in [6, 6.07) is 20.0. The Labute approximate surface area is 259 Å². The molecule has 0 aliphatic carbocycles. The summed E-state index contributed by atoms with van der Waals surface area (Å²) in [4.78, 5) is 34.6. The lowest BCUT2D eigenvalue weighted by atomic mass is 9.89. The Morgan fingerprint density at radius 1 is 1.02 bits per heavy atom. The molecule has 0 aliphatic heterocycles. The standard InChI is InChI=1S/C33H33FN6O5/c1-32(2,38-31(42)45-19-21-8-6-5-7-9-21)23-16-25(22-10-12-24(34)13-11-22)37-28(17-23)33(3,43)20-36-29(41)27-18-26(39-40(27)4)30-35-14-15-44-30/h5-18,43H,19-20H2,1-4H3,(H,36,41)(H,38,42). The summed E-state index contributed by atoms with van der Waals surface area (Å²) in [6.45, 7) is 4.97. The first kappa shape index (κ1) is 31.1. The van der Waals surface area contributed by atoms with Crippen LogP contribution in [0.3, 0.4) is 0 Å². The fourth-order valence-corrected chi connectivity index (χ4v) is 4.59. The maximum absolute atomic E-state index is 13.7. The summed E-state index contributed by atoms with van der Waals surface area (Å²) < 4.78 is 25.8. The van der Waals surface area contributed by atoms with E-state index in [1.165, 1.54) is 42.3 Å². The van der Waals surface area contributed by atoms with Gasteiger partial charge in [0.2, 0.25) is 5.89 Å². The molecule has 0 spiro atoms. The summed E-state index contributed by atoms with van der Waals surface area (Å²) in [7, 11) is 1.61. The molecule has 0 saturated heterocycles. The number of alkyl carbamates (subject to hydrolysis) is 1. The maximum Gasteiger partial charge on any atom is 0.408 e. The second-order valence-corrected chi connectivity index (χ2v) is 11.3. The number of aryl methyl sites for hydroxylation is 1. The van der Waals surface area contributed by atoms with Gasteiger partial charge in [-0.05, 0) is 68.3 Å². The van der Waals surface area contributed by atoms with Crippen LogP contribution in [0.25, 0.3) is 22.8 Å². The number of nitrogens with zero attached hydrogens (tertiary/aromatic N) is 4. The number of nitrogens with one attached hydrogen (secondary N) is 2. The lowest BCUT2D eigenvalue weighted by molar-refractivity contribution is 0.0486. The zero-order valence-corrected chi connectivity index (χ0v) is 25.2. The molecule has 0 aliphatic rings. The van der Waals surface area contributed by atoms with E-state index in [4.69, 9.17) is 9.15 Å². The molecule has 3 heterocycles. The molecule has 45 heavy (non-hydrogen) atoms. The number of halogens is 1. The zero-order valence-electron chi connectivity index (χ0n) is 25.2. The summed E-state index contributed by atoms with van der Waals surface area (Å²) in [6.07, 6.45) is 2.25. The van der Waals surface area contributed by atoms with Crippen molar-refractivity contribution in [1.29, 1.82) is 0 Å². The molecule has 3 N–H and O–H groups in total. The number of oxazole rings is 1. The average Bonchev–Trinajstić information content (AvgIpc) is 3.70. The normalized spacial score (nSPS) is 12.8. The van der Waals surface area contributed by atoms with Crippen LogP contribution in [0, 0.1) is 5.82 Å². The number of hydrogen-bond acceptors (Lipinski definition) is 8. The van der Waals surface area contributed by atoms with Gasteiger partial charge in [-0.25, -0.2) is 19.2 Å². The van der Waals surface area contributed by atoms with E-state index in [0.29, 0.717) is 22.5 Å². The van der Waals surface area contributed by atoms with Crippen molar-refractivity contribution >= 4 is 12.0 Å². The third kappa shape index (κ3) is 7.42. The van der Waals surface area contributed by atoms with Crippen LogP contribution < -0.4 is 10.6 Å². The average molecular weight is 613 g/mol. The molecule has 5 rings (SSSR count). The van der Waals surface area contributed by atoms with E-state index in [9.17, 15) is 19.1 Å². The first-order valence-electron chi connectivity index (χ1n) is 14.1. The van der Waals surface area contributed by atoms with Crippen LogP contribution >= 0.6 is 0 Å². The fraction of sp³-hybridized carbons (Fsp3) is 0.242. The molecular weight excluding hydrogens is 579 g/mol. The van der Waals surface area contributed by atoms with Crippen molar-refractivity contribution in [3.63, 3.8) is 0 Å². The van der Waals surface area contributed by atoms with Gasteiger partial charge >= 0.3 is 6.09 Å². The van der Waals surface area contributed by atoms with E-state index in [1.54, 1.807) is 45.2 Å². The number of aliphatic hydroxyl groups is 1. The Balaban J connectivity index is 1.38. The Bertz CT molecular complexity index is 1780. The topological polar surface area (TPSA) is 144 Å². The Hall–Kier alpha value is -5.36. The molecule has 1 unspecified atom stereocenters. The predicted octanol–water partition coefficient (Wildman–Crippen LogP) is 5.08. The Morgan fingerprint density at radius 2 is 1.76 bits per heavy atom. The quantitative estimate of drug-likeness (QED) is 0.198. The number of amides is 2. The van der Waals surface area contributed by atoms with Crippen molar-refractivity contribution in [2.75, 3.05) is 6.54 Å². The van der Waals surface area contributed by atoms with E-state index >= 15 is 0 Å². The van der Waals surface area contributed by atoms with Crippen LogP contribution in [0.15, 0.2) is 89.7 Å². The molecule has 11 nitrogen and oxygen atoms in total. The van der Waals surface area contributed by atoms with E-state index < -0.39 is 29.0 Å². The van der Waals surface area contributed by atoms with Crippen molar-refractivity contribution in [2.45, 2.75) is 38.5 Å². The molecule has 0 saturated carbocycles. The number of carbonyl (C=O) groups excluding carboxylic acids is 2. The molecule has 0 fully saturated rings. The van der Waals surface area contributed by atoms with E-state index in [0.717, 1.165) is 5.56 Å². The minimum Gasteiger partial charge on any atom is -0.445 e. The smallest absolute Gasteiger partial charge is 0.408 e. The number of hydrogen-bond donors (Lipinski definition) is 3. The summed E-state index contributed by atoms with van der Waals surface area (Å²) in [5, 5.41) is 21.5. The second kappa shape index (κ2) is 12.7. The van der Waals surface area contributed by atoms with E-state index in [-0.39, 0.29) is 30.4 Å². The molecule has 3 aromatic heterocycles. The molecule has 232 valence electrons. The second-order valence-electron chi connectivity index (χ2n) is 11.3. The van der Waals surface area contributed by atoms with Gasteiger partial charge in [0.1, 0.15) is 35.7 Å². The summed E-state index contributed by atoms with van der Waals surface area (Å²) in [5.41, 5.74) is 0.656. The van der Waals surface area contributed by atoms with E-state index in [2.05, 4.69) is 25.7 Å². The highest BCUT2D eigenvalue weighted by atomic mass is 19.1. The first-order chi connectivity index (χ1) is 21.4. The number of pyridine rings is 1. The highest BCUT2D eigenvalue weighted by Crippen LogP contribution is 2.30. The van der Waals surface area contributed by atoms with E-state index in [1.807, 2.05) is 30.3 Å². The molecular formula is C33H33FN6O5. The Morgan fingerprint density at radius 3 is 2.44 bits per heavy atom. The predicted molar refractivity (Wildman–Crippen MR) is 163 cm³/mol. The van der Waals surface area contributed by atoms with Crippen LogP contribution in [0.1, 0.15) is 48.1 Å². The van der Waals surface area contributed by atoms with Crippen molar-refractivity contribution in [3.8, 4) is 22.8 Å². The number of ether oxygens (including phenoxy) is 1. The maximum atomic E-state index is 13.7. The monoisotopic (exact) mass is 612 g/mol. The molecule has 2 aromatic carbocycles. The van der Waals surface area contributed by atoms with Crippen LogP contribution in [-0.4, -0.2) is 43.4 Å². The highest BCUT2D eigenvalue weighted by molar-refractivity contribution is 5.93. The lowest BCUT2D eigenvalue weighted by Gasteiger charge is -2.30. The molecule has 5 aromatic rings. The number of carbonyl (C=O) groups is 2. The van der Waals surface area contributed by atoms with Crippen molar-refractivity contribution in [2.24, 2.45) is 7.05 Å². The summed E-state index contributed by atoms with van der Waals surface area (Å²) >= 11 is 0. The fourth-order valence-electron chi connectivity index (χ4n) is 4.59. The van der Waals surface area contributed by atoms with Gasteiger partial charge in [-0.15, -0.1) is 0 Å². The largest absolute Gasteiger partial charge is 0.445 e. The van der Waals surface area contributed by atoms with Gasteiger partial charge in [-0.3, -0.25) is 9.48 Å². The van der Waals surface area contributed by atoms with Gasteiger partial charge in [0, 0.05) is 18.7 Å². The van der Waals surface area contributed by atoms with Crippen LogP contribution in [-0.2, 0) is 29.5 Å². The van der Waals surface area contributed by atoms with Gasteiger partial charge in [-0.1, -0.05) is 30.3 Å². The molecule has 2 amide bonds. The van der Waals surface area contributed by atoms with Gasteiger partial charge in [-0.2, -0.15) is 5.10 Å². The van der Waals surface area contributed by atoms with Crippen LogP contribution in [0.5, 0.6) is 0 Å². The van der Waals surface area contributed by atoms with Gasteiger partial charge < -0.3 is 24.9 Å². The van der Waals surface area contributed by atoms with Crippen LogP contribution in [0.2, 0.25) is 0 Å². The van der Waals surface area contributed by atoms with Crippen LogP contribution in [0.4, 0.5) is 9.18 Å². The SMILES string of the molecule is Cn1nc(-c2ncco2)cc1C(=O)NCC(C)(O)c1cc(C(C)(C)NC(=O)OCc2ccccc2)cc(-c2ccc(F)cc2)n1. The van der Waals surface area contributed by atoms with Gasteiger partial charge in [0.15, 0.2) is 0 Å². The molecule has 0 bridgehead atoms. The van der Waals surface area contributed by atoms with Crippen molar-refractivity contribution in [3.05, 3.63) is 114 Å². The van der Waals surface area contributed by atoms with Crippen molar-refractivity contribution < 1.29 is 28.2 Å². The first-order valence-corrected chi connectivity index (χ1v) is 14.1. The van der Waals surface area contributed by atoms with Gasteiger partial charge in [0.25, 0.3) is 5.91 Å². The highest BCUT2D eigenvalue weighted by Gasteiger charge is 2.31. The third-order valence-electron chi connectivity index (χ3n) is 7.22. The minimum absolute atomic E-state index is 0.0930. The van der Waals surface area contributed by atoms with Crippen molar-refractivity contribution in [1.82, 2.24) is 30.4 Å². The number of rotatable bonds is 10. The number of aromatic nitrogens is 4. The number of benzene rings is 2. The minimum atomic E-state index is -1.66.